The summed E-state index contributed by atoms with van der Waals surface area (Å²) in [5.41, 5.74) is 8.43. The van der Waals surface area contributed by atoms with E-state index in [0.29, 0.717) is 22.4 Å². The molecule has 2 aromatic heterocycles. The Hall–Kier alpha value is -3.41. The Morgan fingerprint density at radius 3 is 2.83 bits per heavy atom. The number of carbonyl (C=O) groups excluding carboxylic acids is 2. The van der Waals surface area contributed by atoms with Gasteiger partial charge in [0.2, 0.25) is 11.5 Å². The Labute approximate surface area is 241 Å². The average Bonchev–Trinajstić information content (AvgIpc) is 3.51. The largest absolute Gasteiger partial charge is 0.477 e. The maximum Gasteiger partial charge on any atom is 0.352 e. The highest BCUT2D eigenvalue weighted by Gasteiger charge is 2.54. The fraction of sp³-hybridized carbons (Fsp3) is 0.435. The number of halogens is 1. The molecule has 0 unspecified atom stereocenters. The molecule has 0 aliphatic carbocycles. The van der Waals surface area contributed by atoms with E-state index in [9.17, 15) is 23.9 Å². The van der Waals surface area contributed by atoms with Gasteiger partial charge in [0, 0.05) is 17.3 Å². The number of nitrogens with two attached hydrogens (primary N) is 1. The van der Waals surface area contributed by atoms with E-state index in [1.165, 1.54) is 21.5 Å². The van der Waals surface area contributed by atoms with Gasteiger partial charge in [-0.25, -0.2) is 14.2 Å². The van der Waals surface area contributed by atoms with Crippen LogP contribution in [0.15, 0.2) is 34.1 Å². The number of nitrogens with one attached hydrogen (secondary N) is 1. The van der Waals surface area contributed by atoms with E-state index >= 15 is 0 Å². The summed E-state index contributed by atoms with van der Waals surface area (Å²) in [4.78, 5) is 53.6. The molecule has 0 bridgehead atoms. The molecule has 2 aliphatic rings. The number of hydrogen-bond donors (Lipinski definition) is 3. The minimum atomic E-state index is -1.24. The summed E-state index contributed by atoms with van der Waals surface area (Å²) in [5, 5.41) is 15.6. The fourth-order valence-electron chi connectivity index (χ4n) is 4.05. The zero-order valence-corrected chi connectivity index (χ0v) is 24.3. The Morgan fingerprint density at radius 2 is 2.20 bits per heavy atom. The molecule has 2 amide bonds. The monoisotopic (exact) mass is 611 g/mol. The molecule has 2 aromatic rings. The second-order valence-corrected chi connectivity index (χ2v) is 12.3. The van der Waals surface area contributed by atoms with E-state index in [0.717, 1.165) is 23.8 Å². The van der Waals surface area contributed by atoms with Gasteiger partial charge in [-0.15, -0.1) is 23.1 Å². The molecule has 1 saturated heterocycles. The van der Waals surface area contributed by atoms with Gasteiger partial charge in [-0.3, -0.25) is 14.5 Å². The SMILES string of the molecule is Cc1ncsc1C[N+](C)(C)C/C=C/C1=C(C(=O)O)N2C(=O)[C@@H](NC(=O)/C(=N/OCCF)c3nsc(N)n3)[C@H]2SC1. The molecule has 13 nitrogen and oxygen atoms in total. The first-order chi connectivity index (χ1) is 19.0. The minimum Gasteiger partial charge on any atom is -0.477 e. The summed E-state index contributed by atoms with van der Waals surface area (Å²) < 4.78 is 17.0. The number of carboxylic acid groups (broad SMARTS) is 1. The van der Waals surface area contributed by atoms with Crippen molar-refractivity contribution in [1.82, 2.24) is 24.6 Å². The molecule has 4 N–H and O–H groups in total. The second kappa shape index (κ2) is 12.4. The molecular formula is C23H28FN8O5S3+. The number of allylic oxidation sites excluding steroid dienone is 1. The number of rotatable bonds is 12. The maximum atomic E-state index is 13.1. The second-order valence-electron chi connectivity index (χ2n) is 9.50. The van der Waals surface area contributed by atoms with Crippen molar-refractivity contribution in [2.75, 3.05) is 45.4 Å². The number of anilines is 1. The molecule has 0 radical (unpaired) electrons. The first-order valence-electron chi connectivity index (χ1n) is 12.0. The van der Waals surface area contributed by atoms with Crippen molar-refractivity contribution in [3.8, 4) is 0 Å². The lowest BCUT2D eigenvalue weighted by Crippen LogP contribution is -2.71. The Kier molecular flexibility index (Phi) is 9.17. The number of aryl methyl sites for hydroxylation is 1. The molecule has 17 heteroatoms. The number of nitrogen functional groups attached to an aromatic ring is 1. The molecule has 0 saturated carbocycles. The van der Waals surface area contributed by atoms with Gasteiger partial charge in [0.05, 0.1) is 36.7 Å². The highest BCUT2D eigenvalue weighted by molar-refractivity contribution is 8.00. The molecule has 40 heavy (non-hydrogen) atoms. The van der Waals surface area contributed by atoms with Crippen molar-refractivity contribution in [3.63, 3.8) is 0 Å². The number of thioether (sulfide) groups is 1. The van der Waals surface area contributed by atoms with E-state index < -0.39 is 42.5 Å². The summed E-state index contributed by atoms with van der Waals surface area (Å²) in [7, 11) is 4.15. The predicted molar refractivity (Wildman–Crippen MR) is 149 cm³/mol. The number of amides is 2. The van der Waals surface area contributed by atoms with Crippen LogP contribution in [0.4, 0.5) is 9.52 Å². The zero-order valence-electron chi connectivity index (χ0n) is 21.9. The van der Waals surface area contributed by atoms with Gasteiger partial charge in [-0.05, 0) is 18.6 Å². The van der Waals surface area contributed by atoms with Crippen LogP contribution in [-0.2, 0) is 25.8 Å². The standard InChI is InChI=1S/C23H27FN8O5S3/c1-12-14(39-11-26-12)9-32(2,3)7-4-5-13-10-38-21-16(20(34)31(21)17(13)22(35)36)27-19(33)15(29-37-8-6-24)18-28-23(25)40-30-18/h4-5,11,16,21H,6-10H2,1-3H3,(H3-,25,27,28,30,33,35,36)/p+1/b5-4+,29-15+/t16-,21-/m1/s1. The maximum absolute atomic E-state index is 13.1. The third kappa shape index (κ3) is 6.48. The van der Waals surface area contributed by atoms with Crippen molar-refractivity contribution in [2.24, 2.45) is 5.16 Å². The van der Waals surface area contributed by atoms with Gasteiger partial charge in [0.1, 0.15) is 36.9 Å². The molecule has 4 rings (SSSR count). The normalized spacial score (nSPS) is 19.6. The van der Waals surface area contributed by atoms with Gasteiger partial charge >= 0.3 is 5.97 Å². The first kappa shape index (κ1) is 29.6. The van der Waals surface area contributed by atoms with Crippen molar-refractivity contribution in [3.05, 3.63) is 45.3 Å². The van der Waals surface area contributed by atoms with Crippen LogP contribution in [0.1, 0.15) is 16.4 Å². The number of carbonyl (C=O) groups is 3. The highest BCUT2D eigenvalue weighted by atomic mass is 32.2. The fourth-order valence-corrected chi connectivity index (χ4v) is 6.79. The molecule has 2 atom stereocenters. The van der Waals surface area contributed by atoms with Crippen LogP contribution < -0.4 is 11.1 Å². The lowest BCUT2D eigenvalue weighted by molar-refractivity contribution is -0.897. The number of nitrogens with zero attached hydrogens (tertiary/aromatic N) is 6. The van der Waals surface area contributed by atoms with Crippen LogP contribution in [0.3, 0.4) is 0 Å². The Bertz CT molecular complexity index is 1390. The molecule has 1 fully saturated rings. The Morgan fingerprint density at radius 1 is 1.43 bits per heavy atom. The van der Waals surface area contributed by atoms with Gasteiger partial charge < -0.3 is 25.5 Å². The highest BCUT2D eigenvalue weighted by Crippen LogP contribution is 2.40. The number of alkyl halides is 1. The van der Waals surface area contributed by atoms with Crippen molar-refractivity contribution in [1.29, 1.82) is 0 Å². The number of thiazole rings is 1. The van der Waals surface area contributed by atoms with Crippen molar-refractivity contribution >= 4 is 63.3 Å². The first-order valence-corrected chi connectivity index (χ1v) is 14.7. The average molecular weight is 612 g/mol. The lowest BCUT2D eigenvalue weighted by atomic mass is 10.0. The molecule has 214 valence electrons. The number of likely N-dealkylation sites (N-methyl/N-ethyl adjacent to an activating group) is 1. The van der Waals surface area contributed by atoms with Crippen LogP contribution in [-0.4, -0.2) is 103 Å². The smallest absolute Gasteiger partial charge is 0.352 e. The molecular weight excluding hydrogens is 584 g/mol. The van der Waals surface area contributed by atoms with Crippen LogP contribution >= 0.6 is 34.6 Å². The number of aromatic nitrogens is 3. The third-order valence-electron chi connectivity index (χ3n) is 6.02. The lowest BCUT2D eigenvalue weighted by Gasteiger charge is -2.49. The number of aliphatic carboxylic acids is 1. The van der Waals surface area contributed by atoms with Crippen molar-refractivity contribution in [2.45, 2.75) is 24.9 Å². The van der Waals surface area contributed by atoms with Gasteiger partial charge in [0.25, 0.3) is 11.8 Å². The number of β-lactam (4-membered cyclic amide) rings is 1. The number of oxime groups is 1. The molecule has 2 aliphatic heterocycles. The van der Waals surface area contributed by atoms with Crippen LogP contribution in [0.5, 0.6) is 0 Å². The number of carboxylic acids is 1. The van der Waals surface area contributed by atoms with Crippen molar-refractivity contribution < 1.29 is 33.2 Å². The van der Waals surface area contributed by atoms with Gasteiger partial charge in [-0.1, -0.05) is 11.2 Å². The number of fused-ring (bicyclic) bond motifs is 1. The van der Waals surface area contributed by atoms with E-state index in [-0.39, 0.29) is 22.4 Å². The summed E-state index contributed by atoms with van der Waals surface area (Å²) in [6.45, 7) is 2.16. The van der Waals surface area contributed by atoms with E-state index in [1.807, 2.05) is 18.5 Å². The summed E-state index contributed by atoms with van der Waals surface area (Å²) in [6.07, 6.45) is 3.66. The zero-order chi connectivity index (χ0) is 29.0. The van der Waals surface area contributed by atoms with E-state index in [2.05, 4.69) is 38.9 Å². The quantitative estimate of drug-likeness (QED) is 0.104. The number of quaternary nitrogens is 1. The molecule has 4 heterocycles. The van der Waals surface area contributed by atoms with Gasteiger partial charge in [0.15, 0.2) is 5.13 Å². The van der Waals surface area contributed by atoms with E-state index in [1.54, 1.807) is 17.4 Å². The number of hydrogen-bond acceptors (Lipinski definition) is 12. The minimum absolute atomic E-state index is 0.0763. The summed E-state index contributed by atoms with van der Waals surface area (Å²) in [5.74, 6) is -2.46. The van der Waals surface area contributed by atoms with Crippen LogP contribution in [0, 0.1) is 6.92 Å². The van der Waals surface area contributed by atoms with Crippen LogP contribution in [0.25, 0.3) is 0 Å². The Balaban J connectivity index is 1.46. The van der Waals surface area contributed by atoms with E-state index in [4.69, 9.17) is 10.6 Å². The topological polar surface area (TPSA) is 173 Å². The third-order valence-corrected chi connectivity index (χ3v) is 8.78. The van der Waals surface area contributed by atoms with Crippen LogP contribution in [0.2, 0.25) is 0 Å². The molecule has 0 aromatic carbocycles. The summed E-state index contributed by atoms with van der Waals surface area (Å²) in [6, 6.07) is -1.02. The predicted octanol–water partition coefficient (Wildman–Crippen LogP) is 1.15. The molecule has 0 spiro atoms. The van der Waals surface area contributed by atoms with Gasteiger partial charge in [-0.2, -0.15) is 9.36 Å². The summed E-state index contributed by atoms with van der Waals surface area (Å²) >= 11 is 3.76.